The number of thiophene rings is 1. The van der Waals surface area contributed by atoms with Crippen LogP contribution in [0.1, 0.15) is 30.6 Å². The van der Waals surface area contributed by atoms with Crippen LogP contribution in [0.2, 0.25) is 0 Å². The molecule has 21 heavy (non-hydrogen) atoms. The van der Waals surface area contributed by atoms with E-state index in [0.717, 1.165) is 25.6 Å². The minimum Gasteiger partial charge on any atom is -0.377 e. The van der Waals surface area contributed by atoms with Crippen LogP contribution in [0.25, 0.3) is 0 Å². The van der Waals surface area contributed by atoms with E-state index in [-0.39, 0.29) is 12.4 Å². The van der Waals surface area contributed by atoms with Gasteiger partial charge in [0, 0.05) is 31.1 Å². The first-order valence-electron chi connectivity index (χ1n) is 7.97. The lowest BCUT2D eigenvalue weighted by atomic mass is 9.97. The normalized spacial score (nSPS) is 23.4. The smallest absolute Gasteiger partial charge is 0.0702 e. The average Bonchev–Trinajstić information content (AvgIpc) is 3.13. The fourth-order valence-electron chi connectivity index (χ4n) is 3.33. The topological polar surface area (TPSA) is 24.5 Å². The van der Waals surface area contributed by atoms with E-state index in [1.165, 1.54) is 50.2 Å². The first-order chi connectivity index (χ1) is 9.90. The van der Waals surface area contributed by atoms with E-state index in [0.29, 0.717) is 6.10 Å². The van der Waals surface area contributed by atoms with Crippen LogP contribution in [0.15, 0.2) is 17.5 Å². The van der Waals surface area contributed by atoms with Crippen LogP contribution in [0.3, 0.4) is 0 Å². The number of halogens is 1. The molecule has 2 fully saturated rings. The van der Waals surface area contributed by atoms with Crippen molar-refractivity contribution >= 4 is 23.7 Å². The van der Waals surface area contributed by atoms with Crippen molar-refractivity contribution in [2.24, 2.45) is 5.92 Å². The summed E-state index contributed by atoms with van der Waals surface area (Å²) in [6, 6.07) is 4.42. The first kappa shape index (κ1) is 17.2. The monoisotopic (exact) mass is 330 g/mol. The van der Waals surface area contributed by atoms with Crippen molar-refractivity contribution in [1.82, 2.24) is 10.2 Å². The zero-order chi connectivity index (χ0) is 13.6. The lowest BCUT2D eigenvalue weighted by molar-refractivity contribution is 0.0627. The van der Waals surface area contributed by atoms with Gasteiger partial charge in [-0.3, -0.25) is 4.90 Å². The molecule has 1 unspecified atom stereocenters. The van der Waals surface area contributed by atoms with E-state index in [2.05, 4.69) is 27.7 Å². The summed E-state index contributed by atoms with van der Waals surface area (Å²) < 4.78 is 5.84. The molecule has 1 atom stereocenters. The number of rotatable bonds is 6. The maximum absolute atomic E-state index is 5.84. The summed E-state index contributed by atoms with van der Waals surface area (Å²) in [5.41, 5.74) is 0. The Kier molecular flexibility index (Phi) is 7.47. The van der Waals surface area contributed by atoms with Gasteiger partial charge in [0.25, 0.3) is 0 Å². The SMILES string of the molecule is Cl.c1csc(CN(CC2CCNCC2)CC2CCCO2)c1. The molecule has 3 heterocycles. The van der Waals surface area contributed by atoms with Crippen LogP contribution < -0.4 is 5.32 Å². The highest BCUT2D eigenvalue weighted by Gasteiger charge is 2.22. The Morgan fingerprint density at radius 3 is 2.76 bits per heavy atom. The molecule has 0 radical (unpaired) electrons. The van der Waals surface area contributed by atoms with Crippen LogP contribution in [-0.2, 0) is 11.3 Å². The highest BCUT2D eigenvalue weighted by atomic mass is 35.5. The predicted octanol–water partition coefficient (Wildman–Crippen LogP) is 3.15. The summed E-state index contributed by atoms with van der Waals surface area (Å²) in [4.78, 5) is 4.12. The van der Waals surface area contributed by atoms with Gasteiger partial charge in [-0.1, -0.05) is 6.07 Å². The lowest BCUT2D eigenvalue weighted by Crippen LogP contribution is -2.39. The Balaban J connectivity index is 0.00000161. The number of hydrogen-bond acceptors (Lipinski definition) is 4. The third-order valence-electron chi connectivity index (χ3n) is 4.42. The molecule has 3 nitrogen and oxygen atoms in total. The average molecular weight is 331 g/mol. The van der Waals surface area contributed by atoms with Crippen molar-refractivity contribution in [2.75, 3.05) is 32.8 Å². The van der Waals surface area contributed by atoms with E-state index < -0.39 is 0 Å². The second-order valence-corrected chi connectivity index (χ2v) is 7.13. The van der Waals surface area contributed by atoms with Gasteiger partial charge in [0.1, 0.15) is 0 Å². The van der Waals surface area contributed by atoms with E-state index in [1.54, 1.807) is 0 Å². The third kappa shape index (κ3) is 5.53. The molecule has 120 valence electrons. The van der Waals surface area contributed by atoms with Crippen molar-refractivity contribution in [3.8, 4) is 0 Å². The van der Waals surface area contributed by atoms with Crippen LogP contribution in [-0.4, -0.2) is 43.8 Å². The Labute approximate surface area is 138 Å². The quantitative estimate of drug-likeness (QED) is 0.867. The van der Waals surface area contributed by atoms with E-state index >= 15 is 0 Å². The Hall–Kier alpha value is -0.130. The molecule has 0 aliphatic carbocycles. The van der Waals surface area contributed by atoms with Crippen molar-refractivity contribution in [3.05, 3.63) is 22.4 Å². The summed E-state index contributed by atoms with van der Waals surface area (Å²) in [6.07, 6.45) is 5.61. The molecule has 3 rings (SSSR count). The molecule has 0 aromatic carbocycles. The fourth-order valence-corrected chi connectivity index (χ4v) is 4.08. The second kappa shape index (κ2) is 9.11. The van der Waals surface area contributed by atoms with Gasteiger partial charge in [-0.15, -0.1) is 23.7 Å². The van der Waals surface area contributed by atoms with Crippen LogP contribution >= 0.6 is 23.7 Å². The molecular weight excluding hydrogens is 304 g/mol. The molecule has 1 aromatic rings. The van der Waals surface area contributed by atoms with E-state index in [1.807, 2.05) is 11.3 Å². The van der Waals surface area contributed by atoms with Gasteiger partial charge < -0.3 is 10.1 Å². The molecule has 5 heteroatoms. The van der Waals surface area contributed by atoms with Gasteiger partial charge in [-0.25, -0.2) is 0 Å². The van der Waals surface area contributed by atoms with Gasteiger partial charge in [0.05, 0.1) is 6.10 Å². The molecule has 2 aliphatic heterocycles. The molecule has 0 bridgehead atoms. The molecule has 1 N–H and O–H groups in total. The predicted molar refractivity (Wildman–Crippen MR) is 91.4 cm³/mol. The van der Waals surface area contributed by atoms with Gasteiger partial charge in [-0.05, 0) is 56.1 Å². The zero-order valence-electron chi connectivity index (χ0n) is 12.6. The Bertz CT molecular complexity index is 376. The number of piperidine rings is 1. The minimum absolute atomic E-state index is 0. The maximum Gasteiger partial charge on any atom is 0.0702 e. The van der Waals surface area contributed by atoms with Crippen LogP contribution in [0.4, 0.5) is 0 Å². The molecule has 0 spiro atoms. The Morgan fingerprint density at radius 1 is 1.24 bits per heavy atom. The van der Waals surface area contributed by atoms with Crippen molar-refractivity contribution in [2.45, 2.75) is 38.3 Å². The first-order valence-corrected chi connectivity index (χ1v) is 8.85. The van der Waals surface area contributed by atoms with Crippen LogP contribution in [0, 0.1) is 5.92 Å². The van der Waals surface area contributed by atoms with E-state index in [9.17, 15) is 0 Å². The highest BCUT2D eigenvalue weighted by Crippen LogP contribution is 2.20. The van der Waals surface area contributed by atoms with Crippen LogP contribution in [0.5, 0.6) is 0 Å². The summed E-state index contributed by atoms with van der Waals surface area (Å²) >= 11 is 1.88. The number of ether oxygens (including phenoxy) is 1. The molecule has 1 aromatic heterocycles. The zero-order valence-corrected chi connectivity index (χ0v) is 14.3. The number of nitrogens with one attached hydrogen (secondary N) is 1. The van der Waals surface area contributed by atoms with Crippen molar-refractivity contribution < 1.29 is 4.74 Å². The van der Waals surface area contributed by atoms with Crippen molar-refractivity contribution in [3.63, 3.8) is 0 Å². The molecule has 0 amide bonds. The summed E-state index contributed by atoms with van der Waals surface area (Å²) in [5.74, 6) is 0.859. The molecule has 0 saturated carbocycles. The third-order valence-corrected chi connectivity index (χ3v) is 5.28. The molecular formula is C16H27ClN2OS. The summed E-state index contributed by atoms with van der Waals surface area (Å²) in [7, 11) is 0. The Morgan fingerprint density at radius 2 is 2.10 bits per heavy atom. The van der Waals surface area contributed by atoms with Gasteiger partial charge in [-0.2, -0.15) is 0 Å². The fraction of sp³-hybridized carbons (Fsp3) is 0.750. The molecule has 2 saturated heterocycles. The largest absolute Gasteiger partial charge is 0.377 e. The van der Waals surface area contributed by atoms with Gasteiger partial charge in [0.2, 0.25) is 0 Å². The second-order valence-electron chi connectivity index (χ2n) is 6.10. The summed E-state index contributed by atoms with van der Waals surface area (Å²) in [5, 5.41) is 5.65. The number of hydrogen-bond donors (Lipinski definition) is 1. The van der Waals surface area contributed by atoms with Crippen molar-refractivity contribution in [1.29, 1.82) is 0 Å². The van der Waals surface area contributed by atoms with Gasteiger partial charge in [0.15, 0.2) is 0 Å². The van der Waals surface area contributed by atoms with Gasteiger partial charge >= 0.3 is 0 Å². The molecule has 2 aliphatic rings. The minimum atomic E-state index is 0. The summed E-state index contributed by atoms with van der Waals surface area (Å²) in [6.45, 7) is 6.79. The maximum atomic E-state index is 5.84. The standard InChI is InChI=1S/C16H26N2OS.ClH/c1-3-15(19-9-1)12-18(13-16-4-2-10-20-16)11-14-5-7-17-8-6-14;/h2,4,10,14-15,17H,1,3,5-9,11-13H2;1H. The number of nitrogens with zero attached hydrogens (tertiary/aromatic N) is 1. The van der Waals surface area contributed by atoms with E-state index in [4.69, 9.17) is 4.74 Å². The highest BCUT2D eigenvalue weighted by molar-refractivity contribution is 7.09. The lowest BCUT2D eigenvalue weighted by Gasteiger charge is -2.31.